The van der Waals surface area contributed by atoms with E-state index < -0.39 is 34.2 Å². The van der Waals surface area contributed by atoms with Crippen LogP contribution in [0.2, 0.25) is 48.6 Å². The summed E-state index contributed by atoms with van der Waals surface area (Å²) in [6.07, 6.45) is 14.3. The topological polar surface area (TPSA) is 0 Å². The number of benzene rings is 4. The molecule has 0 amide bonds. The first-order valence-electron chi connectivity index (χ1n) is 17.2. The van der Waals surface area contributed by atoms with E-state index in [1.165, 1.54) is 63.0 Å². The maximum atomic E-state index is 2.82. The number of fused-ring (bicyclic) bond motifs is 2. The van der Waals surface area contributed by atoms with Crippen molar-refractivity contribution in [1.29, 1.82) is 0 Å². The zero-order valence-electron chi connectivity index (χ0n) is 28.7. The molecule has 2 atom stereocenters. The van der Waals surface area contributed by atoms with Crippen LogP contribution in [0.4, 0.5) is 0 Å². The van der Waals surface area contributed by atoms with Gasteiger partial charge in [-0.3, -0.25) is 0 Å². The first-order valence-corrected chi connectivity index (χ1v) is 37.3. The van der Waals surface area contributed by atoms with Crippen LogP contribution in [0.3, 0.4) is 0 Å². The van der Waals surface area contributed by atoms with Gasteiger partial charge in [-0.2, -0.15) is 0 Å². The zero-order valence-corrected chi connectivity index (χ0v) is 34.3. The van der Waals surface area contributed by atoms with E-state index in [9.17, 15) is 0 Å². The number of hydrogen-bond acceptors (Lipinski definition) is 0. The minimum absolute atomic E-state index is 0.536. The molecular formula is C42H50HfSi2. The van der Waals surface area contributed by atoms with Crippen molar-refractivity contribution >= 4 is 41.9 Å². The fraction of sp³-hybridized carbons (Fsp3) is 0.310. The molecule has 0 aliphatic heterocycles. The molecule has 1 fully saturated rings. The molecule has 230 valence electrons. The van der Waals surface area contributed by atoms with Gasteiger partial charge in [0.05, 0.1) is 0 Å². The third-order valence-electron chi connectivity index (χ3n) is 12.0. The predicted molar refractivity (Wildman–Crippen MR) is 204 cm³/mol. The molecule has 0 nitrogen and oxygen atoms in total. The number of rotatable bonds is 6. The minimum atomic E-state index is -3.86. The van der Waals surface area contributed by atoms with Gasteiger partial charge in [0.2, 0.25) is 0 Å². The quantitative estimate of drug-likeness (QED) is 0.171. The summed E-state index contributed by atoms with van der Waals surface area (Å²) < 4.78 is 8.67. The second-order valence-corrected chi connectivity index (χ2v) is 52.9. The Morgan fingerprint density at radius 3 is 1.27 bits per heavy atom. The fourth-order valence-electron chi connectivity index (χ4n) is 8.80. The molecule has 4 aromatic rings. The van der Waals surface area contributed by atoms with Crippen LogP contribution in [0, 0.1) is 0 Å². The molecule has 0 aromatic heterocycles. The molecule has 0 saturated heterocycles. The molecule has 2 unspecified atom stereocenters. The fourth-order valence-corrected chi connectivity index (χ4v) is 36.3. The first-order chi connectivity index (χ1) is 21.3. The summed E-state index contributed by atoms with van der Waals surface area (Å²) in [4.78, 5) is 0. The molecular weight excluding hydrogens is 739 g/mol. The van der Waals surface area contributed by atoms with Crippen molar-refractivity contribution in [2.45, 2.75) is 75.3 Å². The van der Waals surface area contributed by atoms with Gasteiger partial charge < -0.3 is 0 Å². The van der Waals surface area contributed by atoms with Crippen LogP contribution in [0.1, 0.15) is 48.9 Å². The van der Waals surface area contributed by atoms with Crippen LogP contribution in [0.15, 0.2) is 97.1 Å². The molecule has 3 heteroatoms. The van der Waals surface area contributed by atoms with Crippen LogP contribution in [0.25, 0.3) is 34.4 Å². The van der Waals surface area contributed by atoms with Crippen molar-refractivity contribution in [3.63, 3.8) is 0 Å². The monoisotopic (exact) mass is 790 g/mol. The van der Waals surface area contributed by atoms with Gasteiger partial charge in [-0.05, 0) is 0 Å². The van der Waals surface area contributed by atoms with E-state index in [4.69, 9.17) is 0 Å². The standard InChI is InChI=1S/2C18H19Si.C4H6.2CH3.Hf/c2*1-19(2,3)16-12-10-15(11-13-16)18-9-5-7-14-6-4-8-17(14)18;1-2-4-3-1;;;/h2*4-13H,1-3H3;1-3H2;2*1H3;. The Morgan fingerprint density at radius 2 is 0.933 bits per heavy atom. The van der Waals surface area contributed by atoms with Crippen LogP contribution in [-0.4, -0.2) is 19.4 Å². The molecule has 0 spiro atoms. The summed E-state index contributed by atoms with van der Waals surface area (Å²) in [5, 5.41) is 3.06. The zero-order chi connectivity index (χ0) is 31.8. The average Bonchev–Trinajstić information content (AvgIpc) is 3.61. The first kappa shape index (κ1) is 31.1. The molecule has 0 heterocycles. The summed E-state index contributed by atoms with van der Waals surface area (Å²) in [6, 6.07) is 33.4. The third kappa shape index (κ3) is 5.04. The van der Waals surface area contributed by atoms with Crippen LogP contribution in [0.5, 0.6) is 0 Å². The van der Waals surface area contributed by atoms with E-state index in [-0.39, 0.29) is 0 Å². The van der Waals surface area contributed by atoms with Gasteiger partial charge in [-0.25, -0.2) is 0 Å². The van der Waals surface area contributed by atoms with Crippen molar-refractivity contribution in [1.82, 2.24) is 0 Å². The molecule has 0 radical (unpaired) electrons. The maximum absolute atomic E-state index is 3.86. The third-order valence-corrected chi connectivity index (χ3v) is 43.3. The Bertz CT molecular complexity index is 1800. The van der Waals surface area contributed by atoms with Crippen molar-refractivity contribution in [3.05, 3.63) is 119 Å². The van der Waals surface area contributed by atoms with Crippen molar-refractivity contribution in [2.75, 3.05) is 0 Å². The Balaban J connectivity index is 1.32. The van der Waals surface area contributed by atoms with E-state index in [1.54, 1.807) is 11.1 Å². The Morgan fingerprint density at radius 1 is 0.533 bits per heavy atom. The van der Waals surface area contributed by atoms with Gasteiger partial charge in [0, 0.05) is 0 Å². The summed E-state index contributed by atoms with van der Waals surface area (Å²) in [5.41, 5.74) is 11.6. The summed E-state index contributed by atoms with van der Waals surface area (Å²) >= 11 is -3.86. The number of allylic oxidation sites excluding steroid dienone is 2. The molecule has 3 aliphatic rings. The molecule has 0 N–H and O–H groups in total. The van der Waals surface area contributed by atoms with Crippen LogP contribution < -0.4 is 10.4 Å². The molecule has 4 aromatic carbocycles. The van der Waals surface area contributed by atoms with Gasteiger partial charge in [-0.15, -0.1) is 0 Å². The molecule has 0 bridgehead atoms. The Hall–Kier alpha value is -2.47. The second-order valence-electron chi connectivity index (χ2n) is 17.0. The summed E-state index contributed by atoms with van der Waals surface area (Å²) in [5.74, 6) is 0. The van der Waals surface area contributed by atoms with E-state index >= 15 is 0 Å². The molecule has 45 heavy (non-hydrogen) atoms. The van der Waals surface area contributed by atoms with Crippen LogP contribution >= 0.6 is 0 Å². The van der Waals surface area contributed by atoms with E-state index in [0.29, 0.717) is 7.35 Å². The predicted octanol–water partition coefficient (Wildman–Crippen LogP) is 11.1. The Labute approximate surface area is 274 Å². The summed E-state index contributed by atoms with van der Waals surface area (Å²) in [6.45, 7) is 14.6. The molecule has 7 rings (SSSR count). The van der Waals surface area contributed by atoms with Crippen molar-refractivity contribution < 1.29 is 18.0 Å². The average molecular weight is 790 g/mol. The normalized spacial score (nSPS) is 19.4. The van der Waals surface area contributed by atoms with E-state index in [2.05, 4.69) is 158 Å². The number of hydrogen-bond donors (Lipinski definition) is 0. The Kier molecular flexibility index (Phi) is 7.47. The van der Waals surface area contributed by atoms with E-state index in [1.807, 2.05) is 3.26 Å². The molecule has 3 aliphatic carbocycles. The van der Waals surface area contributed by atoms with E-state index in [0.717, 1.165) is 0 Å². The van der Waals surface area contributed by atoms with Gasteiger partial charge >= 0.3 is 277 Å². The van der Waals surface area contributed by atoms with Crippen molar-refractivity contribution in [3.8, 4) is 22.3 Å². The van der Waals surface area contributed by atoms with Crippen molar-refractivity contribution in [2.24, 2.45) is 0 Å². The van der Waals surface area contributed by atoms with Crippen LogP contribution in [-0.2, 0) is 18.0 Å². The molecule has 1 saturated carbocycles. The van der Waals surface area contributed by atoms with Gasteiger partial charge in [0.1, 0.15) is 0 Å². The van der Waals surface area contributed by atoms with Gasteiger partial charge in [0.25, 0.3) is 0 Å². The van der Waals surface area contributed by atoms with Gasteiger partial charge in [-0.1, -0.05) is 0 Å². The second kappa shape index (κ2) is 10.8. The summed E-state index contributed by atoms with van der Waals surface area (Å²) in [7, 11) is -2.65. The van der Waals surface area contributed by atoms with Gasteiger partial charge in [0.15, 0.2) is 0 Å². The SMILES string of the molecule is C[Si](C)(C)c1ccc(-c2cccc3c2C=C[CH]3[Hf]([CH3])([CH3])(=[C]2CCC2)[CH]2C=Cc3c(-c4ccc([Si](C)(C)C)cc4)cccc32)cc1.